The van der Waals surface area contributed by atoms with E-state index in [1.165, 1.54) is 21.8 Å². The van der Waals surface area contributed by atoms with Crippen LogP contribution in [0.25, 0.3) is 0 Å². The molecule has 21 heavy (non-hydrogen) atoms. The lowest BCUT2D eigenvalue weighted by Gasteiger charge is -2.12. The van der Waals surface area contributed by atoms with E-state index in [1.54, 1.807) is 7.11 Å². The molecule has 2 aromatic rings. The molecule has 1 aliphatic rings. The number of hydrogen-bond donors (Lipinski definition) is 1. The smallest absolute Gasteiger partial charge is 0.118 e. The lowest BCUT2D eigenvalue weighted by Crippen LogP contribution is -2.23. The Morgan fingerprint density at radius 2 is 1.95 bits per heavy atom. The van der Waals surface area contributed by atoms with Gasteiger partial charge in [0.2, 0.25) is 0 Å². The normalized spacial score (nSPS) is 16.7. The monoisotopic (exact) mass is 299 g/mol. The van der Waals surface area contributed by atoms with Gasteiger partial charge in [0.15, 0.2) is 0 Å². The summed E-state index contributed by atoms with van der Waals surface area (Å²) in [4.78, 5) is 1.46. The van der Waals surface area contributed by atoms with Crippen LogP contribution >= 0.6 is 11.8 Å². The summed E-state index contributed by atoms with van der Waals surface area (Å²) in [6, 6.07) is 17.1. The SMILES string of the molecule is COc1ccc(CCNCC2CSc3ccccc32)cc1. The molecule has 0 aliphatic carbocycles. The molecule has 0 radical (unpaired) electrons. The number of ether oxygens (including phenoxy) is 1. The van der Waals surface area contributed by atoms with Gasteiger partial charge in [0.1, 0.15) is 5.75 Å². The molecule has 1 unspecified atom stereocenters. The van der Waals surface area contributed by atoms with Crippen LogP contribution in [0.4, 0.5) is 0 Å². The Balaban J connectivity index is 1.44. The first-order chi connectivity index (χ1) is 10.4. The van der Waals surface area contributed by atoms with Crippen molar-refractivity contribution in [3.05, 3.63) is 59.7 Å². The third-order valence-corrected chi connectivity index (χ3v) is 5.19. The molecule has 0 saturated heterocycles. The summed E-state index contributed by atoms with van der Waals surface area (Å²) in [5.74, 6) is 2.78. The molecule has 0 aromatic heterocycles. The van der Waals surface area contributed by atoms with Crippen LogP contribution in [0.3, 0.4) is 0 Å². The van der Waals surface area contributed by atoms with Gasteiger partial charge in [-0.25, -0.2) is 0 Å². The zero-order chi connectivity index (χ0) is 14.5. The van der Waals surface area contributed by atoms with Crippen LogP contribution in [0.15, 0.2) is 53.4 Å². The topological polar surface area (TPSA) is 21.3 Å². The standard InChI is InChI=1S/C18H21NOS/c1-20-16-8-6-14(7-9-16)10-11-19-12-15-13-21-18-5-3-2-4-17(15)18/h2-9,15,19H,10-13H2,1H3. The fraction of sp³-hybridized carbons (Fsp3) is 0.333. The third-order valence-electron chi connectivity index (χ3n) is 3.94. The largest absolute Gasteiger partial charge is 0.497 e. The first kappa shape index (κ1) is 14.5. The molecule has 0 fully saturated rings. The van der Waals surface area contributed by atoms with Gasteiger partial charge in [-0.3, -0.25) is 0 Å². The van der Waals surface area contributed by atoms with Crippen molar-refractivity contribution in [2.24, 2.45) is 0 Å². The number of thioether (sulfide) groups is 1. The number of benzene rings is 2. The van der Waals surface area contributed by atoms with Gasteiger partial charge in [-0.1, -0.05) is 30.3 Å². The van der Waals surface area contributed by atoms with Crippen molar-refractivity contribution in [3.8, 4) is 5.75 Å². The van der Waals surface area contributed by atoms with Gasteiger partial charge in [-0.15, -0.1) is 11.8 Å². The van der Waals surface area contributed by atoms with Crippen molar-refractivity contribution in [2.75, 3.05) is 26.0 Å². The van der Waals surface area contributed by atoms with Crippen LogP contribution < -0.4 is 10.1 Å². The first-order valence-corrected chi connectivity index (χ1v) is 8.41. The minimum atomic E-state index is 0.655. The fourth-order valence-corrected chi connectivity index (χ4v) is 3.95. The van der Waals surface area contributed by atoms with Gasteiger partial charge in [0, 0.05) is 23.1 Å². The van der Waals surface area contributed by atoms with Gasteiger partial charge in [0.25, 0.3) is 0 Å². The number of hydrogen-bond acceptors (Lipinski definition) is 3. The summed E-state index contributed by atoms with van der Waals surface area (Å²) in [5.41, 5.74) is 2.86. The Hall–Kier alpha value is -1.45. The second-order valence-electron chi connectivity index (χ2n) is 5.35. The maximum atomic E-state index is 5.18. The predicted molar refractivity (Wildman–Crippen MR) is 89.5 cm³/mol. The van der Waals surface area contributed by atoms with E-state index in [-0.39, 0.29) is 0 Å². The Morgan fingerprint density at radius 1 is 1.14 bits per heavy atom. The molecule has 1 N–H and O–H groups in total. The highest BCUT2D eigenvalue weighted by molar-refractivity contribution is 7.99. The maximum Gasteiger partial charge on any atom is 0.118 e. The van der Waals surface area contributed by atoms with E-state index in [0.717, 1.165) is 25.3 Å². The molecule has 3 rings (SSSR count). The molecule has 1 aliphatic heterocycles. The molecule has 2 nitrogen and oxygen atoms in total. The van der Waals surface area contributed by atoms with Crippen LogP contribution in [-0.4, -0.2) is 26.0 Å². The van der Waals surface area contributed by atoms with E-state index in [4.69, 9.17) is 4.74 Å². The quantitative estimate of drug-likeness (QED) is 0.822. The van der Waals surface area contributed by atoms with E-state index in [9.17, 15) is 0 Å². The van der Waals surface area contributed by atoms with Gasteiger partial charge in [-0.2, -0.15) is 0 Å². The Labute approximate surface area is 130 Å². The third kappa shape index (κ3) is 3.60. The lowest BCUT2D eigenvalue weighted by molar-refractivity contribution is 0.414. The predicted octanol–water partition coefficient (Wildman–Crippen LogP) is 3.72. The van der Waals surface area contributed by atoms with Gasteiger partial charge < -0.3 is 10.1 Å². The van der Waals surface area contributed by atoms with Gasteiger partial charge in [-0.05, 0) is 42.3 Å². The van der Waals surface area contributed by atoms with Crippen molar-refractivity contribution in [1.29, 1.82) is 0 Å². The average molecular weight is 299 g/mol. The second kappa shape index (κ2) is 7.01. The maximum absolute atomic E-state index is 5.18. The second-order valence-corrected chi connectivity index (χ2v) is 6.41. The van der Waals surface area contributed by atoms with Crippen LogP contribution in [-0.2, 0) is 6.42 Å². The highest BCUT2D eigenvalue weighted by Crippen LogP contribution is 2.38. The number of fused-ring (bicyclic) bond motifs is 1. The van der Waals surface area contributed by atoms with E-state index in [0.29, 0.717) is 5.92 Å². The summed E-state index contributed by atoms with van der Waals surface area (Å²) in [6.07, 6.45) is 1.06. The molecule has 0 saturated carbocycles. The van der Waals surface area contributed by atoms with Gasteiger partial charge in [0.05, 0.1) is 7.11 Å². The molecule has 110 valence electrons. The van der Waals surface area contributed by atoms with Crippen LogP contribution in [0.2, 0.25) is 0 Å². The summed E-state index contributed by atoms with van der Waals surface area (Å²) < 4.78 is 5.18. The Bertz CT molecular complexity index is 582. The highest BCUT2D eigenvalue weighted by Gasteiger charge is 2.21. The summed E-state index contributed by atoms with van der Waals surface area (Å²) in [7, 11) is 1.70. The Kier molecular flexibility index (Phi) is 4.84. The van der Waals surface area contributed by atoms with Crippen molar-refractivity contribution in [3.63, 3.8) is 0 Å². The number of methoxy groups -OCH3 is 1. The lowest BCUT2D eigenvalue weighted by atomic mass is 10.0. The summed E-state index contributed by atoms with van der Waals surface area (Å²) in [5, 5.41) is 3.60. The molecule has 2 aromatic carbocycles. The summed E-state index contributed by atoms with van der Waals surface area (Å²) in [6.45, 7) is 2.09. The van der Waals surface area contributed by atoms with Crippen molar-refractivity contribution < 1.29 is 4.74 Å². The summed E-state index contributed by atoms with van der Waals surface area (Å²) >= 11 is 1.98. The van der Waals surface area contributed by atoms with Crippen LogP contribution in [0.5, 0.6) is 5.75 Å². The molecule has 3 heteroatoms. The van der Waals surface area contributed by atoms with E-state index >= 15 is 0 Å². The van der Waals surface area contributed by atoms with Gasteiger partial charge >= 0.3 is 0 Å². The van der Waals surface area contributed by atoms with Crippen LogP contribution in [0, 0.1) is 0 Å². The number of rotatable bonds is 6. The highest BCUT2D eigenvalue weighted by atomic mass is 32.2. The van der Waals surface area contributed by atoms with E-state index < -0.39 is 0 Å². The minimum Gasteiger partial charge on any atom is -0.497 e. The molecular weight excluding hydrogens is 278 g/mol. The molecule has 0 bridgehead atoms. The zero-order valence-electron chi connectivity index (χ0n) is 12.3. The number of nitrogens with one attached hydrogen (secondary N) is 1. The minimum absolute atomic E-state index is 0.655. The average Bonchev–Trinajstić information content (AvgIpc) is 2.95. The van der Waals surface area contributed by atoms with Crippen LogP contribution in [0.1, 0.15) is 17.0 Å². The molecule has 0 amide bonds. The molecular formula is C18H21NOS. The van der Waals surface area contributed by atoms with E-state index in [1.807, 2.05) is 23.9 Å². The fourth-order valence-electron chi connectivity index (χ4n) is 2.70. The van der Waals surface area contributed by atoms with Crippen molar-refractivity contribution in [2.45, 2.75) is 17.2 Å². The Morgan fingerprint density at radius 3 is 2.76 bits per heavy atom. The molecule has 0 spiro atoms. The van der Waals surface area contributed by atoms with Crippen molar-refractivity contribution >= 4 is 11.8 Å². The molecule has 1 atom stereocenters. The zero-order valence-corrected chi connectivity index (χ0v) is 13.2. The first-order valence-electron chi connectivity index (χ1n) is 7.42. The molecule has 1 heterocycles. The van der Waals surface area contributed by atoms with E-state index in [2.05, 4.69) is 41.7 Å². The van der Waals surface area contributed by atoms with Crippen molar-refractivity contribution in [1.82, 2.24) is 5.32 Å².